The van der Waals surface area contributed by atoms with E-state index in [1.54, 1.807) is 0 Å². The smallest absolute Gasteiger partial charge is 0.257 e. The van der Waals surface area contributed by atoms with Gasteiger partial charge in [-0.2, -0.15) is 0 Å². The van der Waals surface area contributed by atoms with Crippen molar-refractivity contribution >= 4 is 39.7 Å². The monoisotopic (exact) mass is 338 g/mol. The van der Waals surface area contributed by atoms with Gasteiger partial charge in [-0.15, -0.1) is 0 Å². The standard InChI is InChI=1S/C18H14N2O3S/c21-17(11-24-18-20-14-6-2-4-8-16(14)23-18)19-10-13-9-12-5-1-3-7-15(12)22-13/h1-9H,10-11H2,(H,19,21). The number of carbonyl (C=O) groups excluding carboxylic acids is 1. The lowest BCUT2D eigenvalue weighted by Crippen LogP contribution is -2.24. The van der Waals surface area contributed by atoms with Crippen LogP contribution in [0.5, 0.6) is 0 Å². The lowest BCUT2D eigenvalue weighted by Gasteiger charge is -2.01. The Labute approximate surface area is 142 Å². The maximum absolute atomic E-state index is 12.0. The van der Waals surface area contributed by atoms with Gasteiger partial charge in [0.1, 0.15) is 16.9 Å². The van der Waals surface area contributed by atoms with Crippen molar-refractivity contribution in [2.24, 2.45) is 0 Å². The van der Waals surface area contributed by atoms with Gasteiger partial charge in [-0.3, -0.25) is 4.79 Å². The largest absolute Gasteiger partial charge is 0.459 e. The van der Waals surface area contributed by atoms with Gasteiger partial charge in [-0.05, 0) is 24.3 Å². The van der Waals surface area contributed by atoms with Crippen molar-refractivity contribution in [2.75, 3.05) is 5.75 Å². The Morgan fingerprint density at radius 2 is 1.83 bits per heavy atom. The molecule has 1 N–H and O–H groups in total. The van der Waals surface area contributed by atoms with Crippen LogP contribution in [0.1, 0.15) is 5.76 Å². The third kappa shape index (κ3) is 3.14. The molecule has 2 aromatic carbocycles. The molecule has 0 saturated carbocycles. The predicted molar refractivity (Wildman–Crippen MR) is 92.8 cm³/mol. The third-order valence-corrected chi connectivity index (χ3v) is 4.37. The van der Waals surface area contributed by atoms with Crippen LogP contribution in [0.3, 0.4) is 0 Å². The molecule has 4 rings (SSSR count). The van der Waals surface area contributed by atoms with Crippen LogP contribution < -0.4 is 5.32 Å². The summed E-state index contributed by atoms with van der Waals surface area (Å²) < 4.78 is 11.2. The van der Waals surface area contributed by atoms with Gasteiger partial charge < -0.3 is 14.2 Å². The highest BCUT2D eigenvalue weighted by Crippen LogP contribution is 2.23. The zero-order valence-corrected chi connectivity index (χ0v) is 13.5. The van der Waals surface area contributed by atoms with E-state index in [1.165, 1.54) is 11.8 Å². The average molecular weight is 338 g/mol. The quantitative estimate of drug-likeness (QED) is 0.557. The second-order valence-electron chi connectivity index (χ2n) is 5.26. The lowest BCUT2D eigenvalue weighted by atomic mass is 10.2. The van der Waals surface area contributed by atoms with Gasteiger partial charge in [-0.1, -0.05) is 42.1 Å². The highest BCUT2D eigenvalue weighted by atomic mass is 32.2. The van der Waals surface area contributed by atoms with Crippen LogP contribution in [-0.4, -0.2) is 16.6 Å². The molecule has 0 aliphatic rings. The van der Waals surface area contributed by atoms with E-state index in [4.69, 9.17) is 8.83 Å². The zero-order valence-electron chi connectivity index (χ0n) is 12.7. The average Bonchev–Trinajstić information content (AvgIpc) is 3.21. The van der Waals surface area contributed by atoms with Crippen molar-refractivity contribution in [3.63, 3.8) is 0 Å². The van der Waals surface area contributed by atoms with Crippen LogP contribution in [0.2, 0.25) is 0 Å². The first-order valence-corrected chi connectivity index (χ1v) is 8.49. The molecule has 5 nitrogen and oxygen atoms in total. The molecule has 120 valence electrons. The van der Waals surface area contributed by atoms with Gasteiger partial charge in [0.2, 0.25) is 5.91 Å². The number of nitrogens with one attached hydrogen (secondary N) is 1. The summed E-state index contributed by atoms with van der Waals surface area (Å²) in [7, 11) is 0. The van der Waals surface area contributed by atoms with E-state index in [-0.39, 0.29) is 11.7 Å². The fourth-order valence-corrected chi connectivity index (χ4v) is 3.07. The third-order valence-electron chi connectivity index (χ3n) is 3.54. The van der Waals surface area contributed by atoms with Gasteiger partial charge in [0.25, 0.3) is 5.22 Å². The van der Waals surface area contributed by atoms with E-state index < -0.39 is 0 Å². The van der Waals surface area contributed by atoms with Crippen LogP contribution in [-0.2, 0) is 11.3 Å². The van der Waals surface area contributed by atoms with Crippen LogP contribution in [0.4, 0.5) is 0 Å². The van der Waals surface area contributed by atoms with E-state index in [1.807, 2.05) is 54.6 Å². The summed E-state index contributed by atoms with van der Waals surface area (Å²) >= 11 is 1.27. The summed E-state index contributed by atoms with van der Waals surface area (Å²) in [6, 6.07) is 17.2. The first-order valence-electron chi connectivity index (χ1n) is 7.50. The minimum absolute atomic E-state index is 0.0947. The topological polar surface area (TPSA) is 68.3 Å². The van der Waals surface area contributed by atoms with E-state index in [2.05, 4.69) is 10.3 Å². The lowest BCUT2D eigenvalue weighted by molar-refractivity contribution is -0.118. The number of amides is 1. The molecular weight excluding hydrogens is 324 g/mol. The molecule has 0 atom stereocenters. The second-order valence-corrected chi connectivity index (χ2v) is 6.19. The first kappa shape index (κ1) is 14.8. The number of hydrogen-bond donors (Lipinski definition) is 1. The number of nitrogens with zero attached hydrogens (tertiary/aromatic N) is 1. The SMILES string of the molecule is O=C(CSc1nc2ccccc2o1)NCc1cc2ccccc2o1. The number of furan rings is 1. The molecule has 0 bridgehead atoms. The molecule has 24 heavy (non-hydrogen) atoms. The molecule has 0 aliphatic carbocycles. The fraction of sp³-hybridized carbons (Fsp3) is 0.111. The molecule has 0 fully saturated rings. The summed E-state index contributed by atoms with van der Waals surface area (Å²) in [6.07, 6.45) is 0. The molecule has 0 spiro atoms. The molecular formula is C18H14N2O3S. The van der Waals surface area contributed by atoms with Gasteiger partial charge in [0, 0.05) is 5.39 Å². The number of fused-ring (bicyclic) bond motifs is 2. The first-order chi connectivity index (χ1) is 11.8. The van der Waals surface area contributed by atoms with Gasteiger partial charge in [0.15, 0.2) is 5.58 Å². The number of carbonyl (C=O) groups is 1. The van der Waals surface area contributed by atoms with Gasteiger partial charge in [-0.25, -0.2) is 4.98 Å². The predicted octanol–water partition coefficient (Wildman–Crippen LogP) is 3.98. The molecule has 6 heteroatoms. The number of para-hydroxylation sites is 3. The molecule has 1 amide bonds. The van der Waals surface area contributed by atoms with Crippen molar-refractivity contribution in [3.05, 3.63) is 60.4 Å². The van der Waals surface area contributed by atoms with E-state index in [0.29, 0.717) is 11.8 Å². The maximum atomic E-state index is 12.0. The number of aromatic nitrogens is 1. The Kier molecular flexibility index (Phi) is 3.96. The highest BCUT2D eigenvalue weighted by Gasteiger charge is 2.10. The molecule has 4 aromatic rings. The van der Waals surface area contributed by atoms with Crippen molar-refractivity contribution in [1.29, 1.82) is 0 Å². The molecule has 2 heterocycles. The summed E-state index contributed by atoms with van der Waals surface area (Å²) in [6.45, 7) is 0.363. The Balaban J connectivity index is 1.33. The van der Waals surface area contributed by atoms with Crippen molar-refractivity contribution < 1.29 is 13.6 Å². The number of benzene rings is 2. The van der Waals surface area contributed by atoms with Gasteiger partial charge >= 0.3 is 0 Å². The van der Waals surface area contributed by atoms with Gasteiger partial charge in [0.05, 0.1) is 12.3 Å². The minimum atomic E-state index is -0.0947. The van der Waals surface area contributed by atoms with E-state index >= 15 is 0 Å². The Hall–Kier alpha value is -2.73. The van der Waals surface area contributed by atoms with E-state index in [0.717, 1.165) is 27.8 Å². The van der Waals surface area contributed by atoms with Crippen LogP contribution >= 0.6 is 11.8 Å². The van der Waals surface area contributed by atoms with E-state index in [9.17, 15) is 4.79 Å². The molecule has 0 saturated heterocycles. The Bertz CT molecular complexity index is 860. The minimum Gasteiger partial charge on any atom is -0.459 e. The zero-order chi connectivity index (χ0) is 16.4. The summed E-state index contributed by atoms with van der Waals surface area (Å²) in [5.74, 6) is 0.881. The Morgan fingerprint density at radius 1 is 1.04 bits per heavy atom. The number of rotatable bonds is 5. The highest BCUT2D eigenvalue weighted by molar-refractivity contribution is 7.99. The summed E-state index contributed by atoms with van der Waals surface area (Å²) in [5.41, 5.74) is 2.34. The van der Waals surface area contributed by atoms with Crippen molar-refractivity contribution in [2.45, 2.75) is 11.8 Å². The van der Waals surface area contributed by atoms with Crippen molar-refractivity contribution in [3.8, 4) is 0 Å². The van der Waals surface area contributed by atoms with Crippen LogP contribution in [0.25, 0.3) is 22.1 Å². The Morgan fingerprint density at radius 3 is 2.67 bits per heavy atom. The molecule has 0 unspecified atom stereocenters. The van der Waals surface area contributed by atoms with Crippen molar-refractivity contribution in [1.82, 2.24) is 10.3 Å². The molecule has 0 radical (unpaired) electrons. The molecule has 0 aliphatic heterocycles. The normalized spacial score (nSPS) is 11.2. The molecule has 2 aromatic heterocycles. The number of hydrogen-bond acceptors (Lipinski definition) is 5. The summed E-state index contributed by atoms with van der Waals surface area (Å²) in [4.78, 5) is 16.3. The summed E-state index contributed by atoms with van der Waals surface area (Å²) in [5, 5.41) is 4.37. The second kappa shape index (κ2) is 6.41. The maximum Gasteiger partial charge on any atom is 0.257 e. The number of oxazole rings is 1. The van der Waals surface area contributed by atoms with Crippen LogP contribution in [0, 0.1) is 0 Å². The fourth-order valence-electron chi connectivity index (χ4n) is 2.40. The van der Waals surface area contributed by atoms with Crippen LogP contribution in [0.15, 0.2) is 68.7 Å². The number of thioether (sulfide) groups is 1.